The highest BCUT2D eigenvalue weighted by Crippen LogP contribution is 2.28. The van der Waals surface area contributed by atoms with Crippen molar-refractivity contribution in [3.05, 3.63) is 54.1 Å². The average Bonchev–Trinajstić information content (AvgIpc) is 2.92. The highest BCUT2D eigenvalue weighted by molar-refractivity contribution is 7.90. The van der Waals surface area contributed by atoms with E-state index >= 15 is 0 Å². The lowest BCUT2D eigenvalue weighted by Crippen LogP contribution is -2.25. The van der Waals surface area contributed by atoms with Crippen molar-refractivity contribution in [1.29, 1.82) is 0 Å². The molecule has 6 nitrogen and oxygen atoms in total. The van der Waals surface area contributed by atoms with E-state index in [1.165, 1.54) is 24.3 Å². The first-order chi connectivity index (χ1) is 12.1. The van der Waals surface area contributed by atoms with Gasteiger partial charge in [0.25, 0.3) is 5.91 Å². The molecular formula is C19H21N3O3S. The molecule has 0 saturated heterocycles. The predicted molar refractivity (Wildman–Crippen MR) is 102 cm³/mol. The number of fused-ring (bicyclic) bond motifs is 1. The van der Waals surface area contributed by atoms with Crippen molar-refractivity contribution in [2.75, 3.05) is 11.6 Å². The molecular weight excluding hydrogens is 350 g/mol. The zero-order valence-electron chi connectivity index (χ0n) is 15.1. The standard InChI is InChI=1S/C19H21N3O3S/c1-19(2,3)22-16-8-6-5-7-15(16)20-18(22)21-17(23)13-9-11-14(12-10-13)26(4,24)25/h5-12H,1-4H3,(H,20,21,23). The summed E-state index contributed by atoms with van der Waals surface area (Å²) in [6, 6.07) is 13.5. The monoisotopic (exact) mass is 371 g/mol. The predicted octanol–water partition coefficient (Wildman–Crippen LogP) is 3.45. The Balaban J connectivity index is 1.97. The van der Waals surface area contributed by atoms with Crippen LogP contribution in [0.1, 0.15) is 31.1 Å². The molecule has 1 aromatic heterocycles. The molecule has 26 heavy (non-hydrogen) atoms. The maximum absolute atomic E-state index is 12.6. The van der Waals surface area contributed by atoms with Crippen LogP contribution >= 0.6 is 0 Å². The number of amides is 1. The number of hydrogen-bond donors (Lipinski definition) is 1. The number of aromatic nitrogens is 2. The van der Waals surface area contributed by atoms with Gasteiger partial charge in [-0.3, -0.25) is 10.1 Å². The van der Waals surface area contributed by atoms with E-state index in [0.717, 1.165) is 17.3 Å². The minimum atomic E-state index is -3.30. The number of benzene rings is 2. The van der Waals surface area contributed by atoms with E-state index in [-0.39, 0.29) is 16.3 Å². The maximum Gasteiger partial charge on any atom is 0.257 e. The lowest BCUT2D eigenvalue weighted by molar-refractivity contribution is 0.102. The molecule has 0 aliphatic rings. The summed E-state index contributed by atoms with van der Waals surface area (Å²) in [4.78, 5) is 17.3. The summed E-state index contributed by atoms with van der Waals surface area (Å²) < 4.78 is 25.1. The number of rotatable bonds is 3. The Morgan fingerprint density at radius 3 is 2.23 bits per heavy atom. The number of para-hydroxylation sites is 2. The Morgan fingerprint density at radius 2 is 1.65 bits per heavy atom. The summed E-state index contributed by atoms with van der Waals surface area (Å²) in [6.45, 7) is 6.12. The van der Waals surface area contributed by atoms with Crippen LogP contribution in [0, 0.1) is 0 Å². The summed E-state index contributed by atoms with van der Waals surface area (Å²) in [5, 5.41) is 2.84. The lowest BCUT2D eigenvalue weighted by Gasteiger charge is -2.24. The van der Waals surface area contributed by atoms with E-state index in [1.807, 2.05) is 49.6 Å². The third-order valence-electron chi connectivity index (χ3n) is 4.00. The van der Waals surface area contributed by atoms with Gasteiger partial charge < -0.3 is 4.57 Å². The van der Waals surface area contributed by atoms with Gasteiger partial charge in [0.05, 0.1) is 15.9 Å². The molecule has 0 spiro atoms. The quantitative estimate of drug-likeness (QED) is 0.765. The van der Waals surface area contributed by atoms with Crippen LogP contribution < -0.4 is 5.32 Å². The zero-order chi connectivity index (χ0) is 19.1. The van der Waals surface area contributed by atoms with Crippen LogP contribution in [0.5, 0.6) is 0 Å². The lowest BCUT2D eigenvalue weighted by atomic mass is 10.1. The molecule has 0 aliphatic heterocycles. The molecule has 3 rings (SSSR count). The molecule has 0 bridgehead atoms. The highest BCUT2D eigenvalue weighted by atomic mass is 32.2. The first-order valence-electron chi connectivity index (χ1n) is 8.17. The largest absolute Gasteiger partial charge is 0.305 e. The van der Waals surface area contributed by atoms with Crippen molar-refractivity contribution in [3.63, 3.8) is 0 Å². The van der Waals surface area contributed by atoms with Gasteiger partial charge in [0.1, 0.15) is 0 Å². The molecule has 0 atom stereocenters. The van der Waals surface area contributed by atoms with Crippen molar-refractivity contribution in [2.24, 2.45) is 0 Å². The molecule has 0 aliphatic carbocycles. The van der Waals surface area contributed by atoms with Gasteiger partial charge in [-0.2, -0.15) is 0 Å². The Labute approximate surface area is 152 Å². The van der Waals surface area contributed by atoms with E-state index in [0.29, 0.717) is 11.5 Å². The Kier molecular flexibility index (Phi) is 4.36. The number of nitrogens with one attached hydrogen (secondary N) is 1. The second-order valence-corrected chi connectivity index (χ2v) is 9.20. The van der Waals surface area contributed by atoms with Crippen LogP contribution in [0.3, 0.4) is 0 Å². The van der Waals surface area contributed by atoms with Gasteiger partial charge in [-0.25, -0.2) is 13.4 Å². The third kappa shape index (κ3) is 3.48. The van der Waals surface area contributed by atoms with Crippen LogP contribution in [-0.4, -0.2) is 30.1 Å². The number of carbonyl (C=O) groups excluding carboxylic acids is 1. The van der Waals surface area contributed by atoms with Crippen molar-refractivity contribution < 1.29 is 13.2 Å². The first-order valence-corrected chi connectivity index (χ1v) is 10.1. The fraction of sp³-hybridized carbons (Fsp3) is 0.263. The molecule has 0 unspecified atom stereocenters. The minimum absolute atomic E-state index is 0.177. The topological polar surface area (TPSA) is 81.1 Å². The van der Waals surface area contributed by atoms with Gasteiger partial charge >= 0.3 is 0 Å². The van der Waals surface area contributed by atoms with Crippen molar-refractivity contribution in [2.45, 2.75) is 31.2 Å². The van der Waals surface area contributed by atoms with Crippen LogP contribution in [0.25, 0.3) is 11.0 Å². The molecule has 1 amide bonds. The number of hydrogen-bond acceptors (Lipinski definition) is 4. The number of carbonyl (C=O) groups is 1. The summed E-state index contributed by atoms with van der Waals surface area (Å²) in [7, 11) is -3.30. The van der Waals surface area contributed by atoms with Gasteiger partial charge in [0, 0.05) is 17.4 Å². The third-order valence-corrected chi connectivity index (χ3v) is 5.13. The van der Waals surface area contributed by atoms with E-state index in [1.54, 1.807) is 0 Å². The molecule has 0 saturated carbocycles. The summed E-state index contributed by atoms with van der Waals surface area (Å²) >= 11 is 0. The normalized spacial score (nSPS) is 12.3. The smallest absolute Gasteiger partial charge is 0.257 e. The SMILES string of the molecule is CC(C)(C)n1c(NC(=O)c2ccc(S(C)(=O)=O)cc2)nc2ccccc21. The Morgan fingerprint density at radius 1 is 1.04 bits per heavy atom. The van der Waals surface area contributed by atoms with Crippen molar-refractivity contribution in [3.8, 4) is 0 Å². The second-order valence-electron chi connectivity index (χ2n) is 7.18. The van der Waals surface area contributed by atoms with E-state index in [9.17, 15) is 13.2 Å². The molecule has 3 aromatic rings. The number of nitrogens with zero attached hydrogens (tertiary/aromatic N) is 2. The first kappa shape index (κ1) is 18.1. The zero-order valence-corrected chi connectivity index (χ0v) is 16.0. The highest BCUT2D eigenvalue weighted by Gasteiger charge is 2.23. The van der Waals surface area contributed by atoms with Crippen molar-refractivity contribution >= 4 is 32.7 Å². The molecule has 1 heterocycles. The van der Waals surface area contributed by atoms with E-state index in [4.69, 9.17) is 0 Å². The van der Waals surface area contributed by atoms with Crippen LogP contribution in [-0.2, 0) is 15.4 Å². The van der Waals surface area contributed by atoms with Gasteiger partial charge in [-0.1, -0.05) is 12.1 Å². The summed E-state index contributed by atoms with van der Waals surface area (Å²) in [5.74, 6) is 0.113. The van der Waals surface area contributed by atoms with Crippen LogP contribution in [0.15, 0.2) is 53.4 Å². The number of imidazole rings is 1. The summed E-state index contributed by atoms with van der Waals surface area (Å²) in [6.07, 6.45) is 1.13. The second kappa shape index (κ2) is 6.25. The Bertz CT molecular complexity index is 1080. The summed E-state index contributed by atoms with van der Waals surface area (Å²) in [5.41, 5.74) is 1.82. The molecule has 136 valence electrons. The van der Waals surface area contributed by atoms with Crippen LogP contribution in [0.4, 0.5) is 5.95 Å². The average molecular weight is 371 g/mol. The Hall–Kier alpha value is -2.67. The molecule has 1 N–H and O–H groups in total. The number of sulfone groups is 1. The van der Waals surface area contributed by atoms with Crippen molar-refractivity contribution in [1.82, 2.24) is 9.55 Å². The fourth-order valence-electron chi connectivity index (χ4n) is 2.82. The number of anilines is 1. The van der Waals surface area contributed by atoms with Gasteiger partial charge in [0.2, 0.25) is 5.95 Å². The maximum atomic E-state index is 12.6. The molecule has 0 fully saturated rings. The van der Waals surface area contributed by atoms with Gasteiger partial charge in [-0.15, -0.1) is 0 Å². The van der Waals surface area contributed by atoms with Gasteiger partial charge in [-0.05, 0) is 57.2 Å². The fourth-order valence-corrected chi connectivity index (χ4v) is 3.45. The minimum Gasteiger partial charge on any atom is -0.305 e. The molecule has 0 radical (unpaired) electrons. The van der Waals surface area contributed by atoms with Gasteiger partial charge in [0.15, 0.2) is 9.84 Å². The van der Waals surface area contributed by atoms with E-state index < -0.39 is 9.84 Å². The molecule has 2 aromatic carbocycles. The molecule has 7 heteroatoms. The van der Waals surface area contributed by atoms with Crippen LogP contribution in [0.2, 0.25) is 0 Å². The van der Waals surface area contributed by atoms with E-state index in [2.05, 4.69) is 10.3 Å².